The number of aryl methyl sites for hydroxylation is 2. The van der Waals surface area contributed by atoms with E-state index in [4.69, 9.17) is 4.74 Å². The maximum absolute atomic E-state index is 5.56. The SMILES string of the molecule is CCNC(=NCC(OC)C(C)(C)C)NCCCc1cn[nH]c1C.I. The lowest BCUT2D eigenvalue weighted by Crippen LogP contribution is -2.39. The van der Waals surface area contributed by atoms with E-state index in [0.29, 0.717) is 6.54 Å². The predicted molar refractivity (Wildman–Crippen MR) is 111 cm³/mol. The minimum atomic E-state index is 0. The molecule has 0 amide bonds. The topological polar surface area (TPSA) is 74.3 Å². The number of nitrogens with one attached hydrogen (secondary N) is 3. The lowest BCUT2D eigenvalue weighted by molar-refractivity contribution is 0.0241. The molecule has 3 N–H and O–H groups in total. The van der Waals surface area contributed by atoms with Crippen LogP contribution in [0.4, 0.5) is 0 Å². The Hall–Kier alpha value is -0.830. The first-order chi connectivity index (χ1) is 10.9. The van der Waals surface area contributed by atoms with Gasteiger partial charge < -0.3 is 15.4 Å². The van der Waals surface area contributed by atoms with Crippen LogP contribution >= 0.6 is 24.0 Å². The summed E-state index contributed by atoms with van der Waals surface area (Å²) in [6.07, 6.45) is 4.06. The normalized spacial score (nSPS) is 13.3. The Bertz CT molecular complexity index is 482. The first-order valence-electron chi connectivity index (χ1n) is 8.42. The van der Waals surface area contributed by atoms with Gasteiger partial charge in [-0.3, -0.25) is 10.1 Å². The summed E-state index contributed by atoms with van der Waals surface area (Å²) in [5.74, 6) is 0.850. The zero-order chi connectivity index (χ0) is 17.3. The Morgan fingerprint density at radius 1 is 1.38 bits per heavy atom. The number of hydrogen-bond donors (Lipinski definition) is 3. The zero-order valence-corrected chi connectivity index (χ0v) is 18.2. The Morgan fingerprint density at radius 2 is 2.08 bits per heavy atom. The molecule has 0 bridgehead atoms. The molecule has 0 spiro atoms. The summed E-state index contributed by atoms with van der Waals surface area (Å²) in [4.78, 5) is 4.65. The van der Waals surface area contributed by atoms with E-state index >= 15 is 0 Å². The number of aromatic nitrogens is 2. The molecule has 1 heterocycles. The summed E-state index contributed by atoms with van der Waals surface area (Å²) in [7, 11) is 1.75. The molecule has 0 aliphatic heterocycles. The average Bonchev–Trinajstić information content (AvgIpc) is 2.88. The second-order valence-electron chi connectivity index (χ2n) is 6.86. The number of aliphatic imine (C=N–C) groups is 1. The largest absolute Gasteiger partial charge is 0.379 e. The van der Waals surface area contributed by atoms with Crippen LogP contribution in [0.1, 0.15) is 45.4 Å². The number of H-pyrrole nitrogens is 1. The standard InChI is InChI=1S/C17H33N5O.HI/c1-7-18-16(20-12-15(23-6)17(3,4)5)19-10-8-9-14-11-21-22-13(14)2;/h11,15H,7-10,12H2,1-6H3,(H,21,22)(H2,18,19,20);1H. The third kappa shape index (κ3) is 8.32. The van der Waals surface area contributed by atoms with Crippen molar-refractivity contribution in [2.24, 2.45) is 10.4 Å². The highest BCUT2D eigenvalue weighted by Gasteiger charge is 2.24. The first kappa shape index (κ1) is 23.2. The van der Waals surface area contributed by atoms with Gasteiger partial charge in [0.2, 0.25) is 0 Å². The monoisotopic (exact) mass is 451 g/mol. The van der Waals surface area contributed by atoms with Crippen LogP contribution in [-0.2, 0) is 11.2 Å². The van der Waals surface area contributed by atoms with E-state index in [2.05, 4.69) is 60.4 Å². The summed E-state index contributed by atoms with van der Waals surface area (Å²) in [6.45, 7) is 13.0. The molecule has 1 unspecified atom stereocenters. The fraction of sp³-hybridized carbons (Fsp3) is 0.765. The molecular formula is C17H34IN5O. The van der Waals surface area contributed by atoms with Crippen molar-refractivity contribution in [1.29, 1.82) is 0 Å². The van der Waals surface area contributed by atoms with Gasteiger partial charge in [0.1, 0.15) is 0 Å². The van der Waals surface area contributed by atoms with Crippen LogP contribution in [-0.4, -0.2) is 49.0 Å². The van der Waals surface area contributed by atoms with Gasteiger partial charge in [-0.1, -0.05) is 20.8 Å². The Labute approximate surface area is 163 Å². The van der Waals surface area contributed by atoms with Crippen molar-refractivity contribution in [2.75, 3.05) is 26.7 Å². The number of halogens is 1. The van der Waals surface area contributed by atoms with Gasteiger partial charge in [0, 0.05) is 25.9 Å². The molecule has 24 heavy (non-hydrogen) atoms. The molecule has 0 fully saturated rings. The van der Waals surface area contributed by atoms with Crippen molar-refractivity contribution < 1.29 is 4.74 Å². The highest BCUT2D eigenvalue weighted by atomic mass is 127. The Morgan fingerprint density at radius 3 is 2.58 bits per heavy atom. The number of guanidine groups is 1. The van der Waals surface area contributed by atoms with Crippen LogP contribution in [0.15, 0.2) is 11.2 Å². The number of ether oxygens (including phenoxy) is 1. The number of nitrogens with zero attached hydrogens (tertiary/aromatic N) is 2. The lowest BCUT2D eigenvalue weighted by Gasteiger charge is -2.28. The van der Waals surface area contributed by atoms with E-state index in [-0.39, 0.29) is 35.5 Å². The van der Waals surface area contributed by atoms with Gasteiger partial charge in [-0.15, -0.1) is 24.0 Å². The molecule has 0 aromatic carbocycles. The van der Waals surface area contributed by atoms with Crippen molar-refractivity contribution in [1.82, 2.24) is 20.8 Å². The van der Waals surface area contributed by atoms with Crippen molar-refractivity contribution in [3.63, 3.8) is 0 Å². The smallest absolute Gasteiger partial charge is 0.191 e. The maximum atomic E-state index is 5.56. The van der Waals surface area contributed by atoms with Crippen LogP contribution in [0.25, 0.3) is 0 Å². The van der Waals surface area contributed by atoms with Crippen molar-refractivity contribution in [3.8, 4) is 0 Å². The van der Waals surface area contributed by atoms with Gasteiger partial charge in [-0.25, -0.2) is 0 Å². The van der Waals surface area contributed by atoms with Crippen molar-refractivity contribution in [2.45, 2.75) is 53.6 Å². The number of rotatable bonds is 8. The Balaban J connectivity index is 0.00000529. The minimum Gasteiger partial charge on any atom is -0.379 e. The summed E-state index contributed by atoms with van der Waals surface area (Å²) in [5, 5.41) is 13.7. The molecule has 0 aliphatic carbocycles. The van der Waals surface area contributed by atoms with Crippen molar-refractivity contribution >= 4 is 29.9 Å². The molecule has 0 aliphatic rings. The third-order valence-corrected chi connectivity index (χ3v) is 3.86. The fourth-order valence-electron chi connectivity index (χ4n) is 2.33. The van der Waals surface area contributed by atoms with Crippen LogP contribution in [0.5, 0.6) is 0 Å². The molecule has 0 radical (unpaired) electrons. The van der Waals surface area contributed by atoms with E-state index in [0.717, 1.165) is 37.6 Å². The average molecular weight is 451 g/mol. The summed E-state index contributed by atoms with van der Waals surface area (Å²) >= 11 is 0. The fourth-order valence-corrected chi connectivity index (χ4v) is 2.33. The van der Waals surface area contributed by atoms with Crippen LogP contribution < -0.4 is 10.6 Å². The highest BCUT2D eigenvalue weighted by molar-refractivity contribution is 14.0. The predicted octanol–water partition coefficient (Wildman–Crippen LogP) is 2.88. The molecule has 0 saturated heterocycles. The van der Waals surface area contributed by atoms with E-state index in [9.17, 15) is 0 Å². The van der Waals surface area contributed by atoms with Crippen LogP contribution in [0.3, 0.4) is 0 Å². The van der Waals surface area contributed by atoms with Gasteiger partial charge in [-0.05, 0) is 37.7 Å². The quantitative estimate of drug-likeness (QED) is 0.246. The Kier molecular flexibility index (Phi) is 11.3. The van der Waals surface area contributed by atoms with E-state index in [1.165, 1.54) is 5.56 Å². The van der Waals surface area contributed by atoms with Crippen LogP contribution in [0, 0.1) is 12.3 Å². The molecular weight excluding hydrogens is 417 g/mol. The second kappa shape index (κ2) is 11.7. The van der Waals surface area contributed by atoms with Gasteiger partial charge in [-0.2, -0.15) is 5.10 Å². The minimum absolute atomic E-state index is 0. The molecule has 1 atom stereocenters. The third-order valence-electron chi connectivity index (χ3n) is 3.86. The summed E-state index contributed by atoms with van der Waals surface area (Å²) < 4.78 is 5.56. The summed E-state index contributed by atoms with van der Waals surface area (Å²) in [5.41, 5.74) is 2.51. The van der Waals surface area contributed by atoms with Gasteiger partial charge in [0.25, 0.3) is 0 Å². The highest BCUT2D eigenvalue weighted by Crippen LogP contribution is 2.21. The number of hydrogen-bond acceptors (Lipinski definition) is 3. The van der Waals surface area contributed by atoms with E-state index in [1.807, 2.05) is 6.20 Å². The van der Waals surface area contributed by atoms with Gasteiger partial charge in [0.15, 0.2) is 5.96 Å². The van der Waals surface area contributed by atoms with E-state index < -0.39 is 0 Å². The number of methoxy groups -OCH3 is 1. The van der Waals surface area contributed by atoms with Gasteiger partial charge in [0.05, 0.1) is 18.8 Å². The molecule has 1 aromatic rings. The number of aromatic amines is 1. The second-order valence-corrected chi connectivity index (χ2v) is 6.86. The molecule has 1 rings (SSSR count). The molecule has 1 aromatic heterocycles. The summed E-state index contributed by atoms with van der Waals surface area (Å²) in [6, 6.07) is 0. The lowest BCUT2D eigenvalue weighted by atomic mass is 9.89. The molecule has 140 valence electrons. The molecule has 6 nitrogen and oxygen atoms in total. The van der Waals surface area contributed by atoms with Crippen LogP contribution in [0.2, 0.25) is 0 Å². The molecule has 0 saturated carbocycles. The van der Waals surface area contributed by atoms with E-state index in [1.54, 1.807) is 7.11 Å². The first-order valence-corrected chi connectivity index (χ1v) is 8.42. The van der Waals surface area contributed by atoms with Crippen molar-refractivity contribution in [3.05, 3.63) is 17.5 Å². The van der Waals surface area contributed by atoms with Gasteiger partial charge >= 0.3 is 0 Å². The molecule has 7 heteroatoms. The zero-order valence-electron chi connectivity index (χ0n) is 15.9. The maximum Gasteiger partial charge on any atom is 0.191 e.